The van der Waals surface area contributed by atoms with E-state index in [9.17, 15) is 22.8 Å². The minimum atomic E-state index is -4.87. The molecule has 8 heteroatoms. The molecule has 0 saturated heterocycles. The first-order chi connectivity index (χ1) is 8.87. The van der Waals surface area contributed by atoms with E-state index in [1.54, 1.807) is 0 Å². The number of aromatic nitrogens is 2. The summed E-state index contributed by atoms with van der Waals surface area (Å²) in [6.07, 6.45) is -3.84. The lowest BCUT2D eigenvalue weighted by molar-refractivity contribution is -0.274. The van der Waals surface area contributed by atoms with Crippen LogP contribution in [0.5, 0.6) is 5.75 Å². The number of nitrogens with one attached hydrogen (secondary N) is 2. The standard InChI is InChI=1S/C11H7F3N2O3/c12-11(13,14)19-8-4-2-1-3-6(8)7-5-15-10(18)16-9(7)17/h1-5H,(H2,15,16,17,18). The lowest BCUT2D eigenvalue weighted by Crippen LogP contribution is -2.23. The fraction of sp³-hybridized carbons (Fsp3) is 0.0909. The summed E-state index contributed by atoms with van der Waals surface area (Å²) in [6.45, 7) is 0. The molecule has 0 amide bonds. The van der Waals surface area contributed by atoms with Crippen molar-refractivity contribution in [1.82, 2.24) is 9.97 Å². The van der Waals surface area contributed by atoms with E-state index in [-0.39, 0.29) is 11.1 Å². The zero-order valence-corrected chi connectivity index (χ0v) is 9.25. The smallest absolute Gasteiger partial charge is 0.405 e. The molecule has 0 bridgehead atoms. The predicted octanol–water partition coefficient (Wildman–Crippen LogP) is 1.63. The Morgan fingerprint density at radius 1 is 1.05 bits per heavy atom. The van der Waals surface area contributed by atoms with Gasteiger partial charge in [-0.1, -0.05) is 18.2 Å². The van der Waals surface area contributed by atoms with Gasteiger partial charge in [0.25, 0.3) is 5.56 Å². The molecule has 5 nitrogen and oxygen atoms in total. The fourth-order valence-corrected chi connectivity index (χ4v) is 1.51. The molecule has 1 aromatic carbocycles. The minimum Gasteiger partial charge on any atom is -0.405 e. The summed E-state index contributed by atoms with van der Waals surface area (Å²) in [5.74, 6) is -0.521. The first-order valence-electron chi connectivity index (χ1n) is 5.04. The average molecular weight is 272 g/mol. The maximum absolute atomic E-state index is 12.2. The van der Waals surface area contributed by atoms with Gasteiger partial charge in [0.2, 0.25) is 0 Å². The van der Waals surface area contributed by atoms with Crippen LogP contribution in [0.2, 0.25) is 0 Å². The van der Waals surface area contributed by atoms with E-state index in [1.165, 1.54) is 18.2 Å². The summed E-state index contributed by atoms with van der Waals surface area (Å²) in [4.78, 5) is 26.5. The van der Waals surface area contributed by atoms with Gasteiger partial charge in [-0.25, -0.2) is 4.79 Å². The maximum atomic E-state index is 12.2. The number of benzene rings is 1. The van der Waals surface area contributed by atoms with Crippen molar-refractivity contribution in [3.8, 4) is 16.9 Å². The summed E-state index contributed by atoms with van der Waals surface area (Å²) in [6, 6.07) is 5.14. The normalized spacial score (nSPS) is 11.3. The Kier molecular flexibility index (Phi) is 3.16. The molecular formula is C11H7F3N2O3. The Morgan fingerprint density at radius 2 is 1.74 bits per heavy atom. The van der Waals surface area contributed by atoms with Crippen LogP contribution in [0.25, 0.3) is 11.1 Å². The summed E-state index contributed by atoms with van der Waals surface area (Å²) >= 11 is 0. The topological polar surface area (TPSA) is 75.0 Å². The first kappa shape index (κ1) is 12.9. The van der Waals surface area contributed by atoms with Crippen molar-refractivity contribution in [1.29, 1.82) is 0 Å². The van der Waals surface area contributed by atoms with Gasteiger partial charge in [0, 0.05) is 11.8 Å². The van der Waals surface area contributed by atoms with Gasteiger partial charge < -0.3 is 9.72 Å². The van der Waals surface area contributed by atoms with Gasteiger partial charge in [0.15, 0.2) is 0 Å². The SMILES string of the molecule is O=c1[nH]cc(-c2ccccc2OC(F)(F)F)c(=O)[nH]1. The van der Waals surface area contributed by atoms with Crippen LogP contribution in [-0.2, 0) is 0 Å². The molecule has 1 aromatic heterocycles. The van der Waals surface area contributed by atoms with Crippen molar-refractivity contribution in [3.05, 3.63) is 51.3 Å². The summed E-state index contributed by atoms with van der Waals surface area (Å²) < 4.78 is 40.5. The second kappa shape index (κ2) is 4.63. The number of H-pyrrole nitrogens is 2. The Hall–Kier alpha value is -2.51. The number of para-hydroxylation sites is 1. The molecule has 0 radical (unpaired) electrons. The third-order valence-corrected chi connectivity index (χ3v) is 2.22. The van der Waals surface area contributed by atoms with Crippen molar-refractivity contribution >= 4 is 0 Å². The van der Waals surface area contributed by atoms with E-state index in [2.05, 4.69) is 9.72 Å². The number of alkyl halides is 3. The lowest BCUT2D eigenvalue weighted by atomic mass is 10.1. The second-order valence-corrected chi connectivity index (χ2v) is 3.53. The van der Waals surface area contributed by atoms with Gasteiger partial charge in [-0.15, -0.1) is 13.2 Å². The number of aromatic amines is 2. The molecule has 0 aliphatic carbocycles. The van der Waals surface area contributed by atoms with Crippen LogP contribution < -0.4 is 16.0 Å². The summed E-state index contributed by atoms with van der Waals surface area (Å²) in [5.41, 5.74) is -1.75. The molecule has 2 N–H and O–H groups in total. The van der Waals surface area contributed by atoms with Crippen LogP contribution in [0.3, 0.4) is 0 Å². The van der Waals surface area contributed by atoms with Crippen molar-refractivity contribution < 1.29 is 17.9 Å². The largest absolute Gasteiger partial charge is 0.573 e. The number of rotatable bonds is 2. The van der Waals surface area contributed by atoms with Crippen LogP contribution in [0.4, 0.5) is 13.2 Å². The van der Waals surface area contributed by atoms with Crippen molar-refractivity contribution in [2.24, 2.45) is 0 Å². The lowest BCUT2D eigenvalue weighted by Gasteiger charge is -2.12. The highest BCUT2D eigenvalue weighted by Gasteiger charge is 2.32. The summed E-state index contributed by atoms with van der Waals surface area (Å²) in [7, 11) is 0. The molecule has 0 atom stereocenters. The van der Waals surface area contributed by atoms with Crippen LogP contribution in [0.15, 0.2) is 40.1 Å². The number of hydrogen-bond donors (Lipinski definition) is 2. The van der Waals surface area contributed by atoms with Crippen LogP contribution in [0.1, 0.15) is 0 Å². The van der Waals surface area contributed by atoms with E-state index in [0.717, 1.165) is 12.3 Å². The van der Waals surface area contributed by atoms with Crippen LogP contribution in [0, 0.1) is 0 Å². The van der Waals surface area contributed by atoms with Gasteiger partial charge in [0.05, 0.1) is 5.56 Å². The van der Waals surface area contributed by atoms with Gasteiger partial charge in [-0.2, -0.15) is 0 Å². The molecule has 100 valence electrons. The van der Waals surface area contributed by atoms with Crippen molar-refractivity contribution in [3.63, 3.8) is 0 Å². The van der Waals surface area contributed by atoms with Gasteiger partial charge in [-0.05, 0) is 6.07 Å². The molecular weight excluding hydrogens is 265 g/mol. The monoisotopic (exact) mass is 272 g/mol. The van der Waals surface area contributed by atoms with E-state index in [0.29, 0.717) is 0 Å². The number of halogens is 3. The van der Waals surface area contributed by atoms with E-state index < -0.39 is 23.4 Å². The molecule has 2 aromatic rings. The highest BCUT2D eigenvalue weighted by Crippen LogP contribution is 2.31. The highest BCUT2D eigenvalue weighted by molar-refractivity contribution is 5.68. The van der Waals surface area contributed by atoms with Gasteiger partial charge in [-0.3, -0.25) is 9.78 Å². The Bertz CT molecular complexity index is 703. The first-order valence-corrected chi connectivity index (χ1v) is 5.04. The van der Waals surface area contributed by atoms with Gasteiger partial charge in [0.1, 0.15) is 5.75 Å². The summed E-state index contributed by atoms with van der Waals surface area (Å²) in [5, 5.41) is 0. The molecule has 2 rings (SSSR count). The number of ether oxygens (including phenoxy) is 1. The zero-order chi connectivity index (χ0) is 14.0. The average Bonchev–Trinajstić information content (AvgIpc) is 2.28. The maximum Gasteiger partial charge on any atom is 0.573 e. The minimum absolute atomic E-state index is 0.0719. The van der Waals surface area contributed by atoms with Gasteiger partial charge >= 0.3 is 12.1 Å². The molecule has 19 heavy (non-hydrogen) atoms. The Labute approximate surface area is 103 Å². The van der Waals surface area contributed by atoms with E-state index >= 15 is 0 Å². The molecule has 0 spiro atoms. The Balaban J connectivity index is 2.56. The fourth-order valence-electron chi connectivity index (χ4n) is 1.51. The highest BCUT2D eigenvalue weighted by atomic mass is 19.4. The third-order valence-electron chi connectivity index (χ3n) is 2.22. The Morgan fingerprint density at radius 3 is 2.37 bits per heavy atom. The van der Waals surface area contributed by atoms with Crippen LogP contribution >= 0.6 is 0 Å². The molecule has 0 aliphatic rings. The molecule has 0 fully saturated rings. The zero-order valence-electron chi connectivity index (χ0n) is 9.25. The molecule has 1 heterocycles. The van der Waals surface area contributed by atoms with Crippen LogP contribution in [-0.4, -0.2) is 16.3 Å². The molecule has 0 unspecified atom stereocenters. The van der Waals surface area contributed by atoms with E-state index in [1.807, 2.05) is 4.98 Å². The molecule has 0 saturated carbocycles. The second-order valence-electron chi connectivity index (χ2n) is 3.53. The molecule has 0 aliphatic heterocycles. The number of hydrogen-bond acceptors (Lipinski definition) is 3. The van der Waals surface area contributed by atoms with Crippen molar-refractivity contribution in [2.45, 2.75) is 6.36 Å². The van der Waals surface area contributed by atoms with E-state index in [4.69, 9.17) is 0 Å². The van der Waals surface area contributed by atoms with Crippen molar-refractivity contribution in [2.75, 3.05) is 0 Å². The third kappa shape index (κ3) is 3.03. The quantitative estimate of drug-likeness (QED) is 0.872. The predicted molar refractivity (Wildman–Crippen MR) is 59.8 cm³/mol.